The van der Waals surface area contributed by atoms with Gasteiger partial charge in [0.25, 0.3) is 0 Å². The molecule has 1 saturated heterocycles. The summed E-state index contributed by atoms with van der Waals surface area (Å²) < 4.78 is 0. The van der Waals surface area contributed by atoms with Crippen molar-refractivity contribution in [3.63, 3.8) is 0 Å². The van der Waals surface area contributed by atoms with Crippen LogP contribution in [0.5, 0.6) is 0 Å². The van der Waals surface area contributed by atoms with Crippen molar-refractivity contribution in [2.24, 2.45) is 0 Å². The number of carbonyl (C=O) groups is 2. The number of anilines is 2. The molecule has 0 aliphatic carbocycles. The quantitative estimate of drug-likeness (QED) is 0.800. The Labute approximate surface area is 135 Å². The van der Waals surface area contributed by atoms with Crippen molar-refractivity contribution in [3.8, 4) is 0 Å². The lowest BCUT2D eigenvalue weighted by Gasteiger charge is -2.27. The Morgan fingerprint density at radius 1 is 1.05 bits per heavy atom. The first-order chi connectivity index (χ1) is 10.6. The highest BCUT2D eigenvalue weighted by atomic mass is 35.5. The molecule has 2 aliphatic heterocycles. The minimum atomic E-state index is -0.0525. The van der Waals surface area contributed by atoms with Crippen molar-refractivity contribution in [2.45, 2.75) is 19.3 Å². The molecule has 2 heterocycles. The molecule has 22 heavy (non-hydrogen) atoms. The third kappa shape index (κ3) is 2.90. The highest BCUT2D eigenvalue weighted by molar-refractivity contribution is 6.31. The van der Waals surface area contributed by atoms with Gasteiger partial charge in [0.15, 0.2) is 0 Å². The van der Waals surface area contributed by atoms with Gasteiger partial charge in [-0.15, -0.1) is 0 Å². The number of imide groups is 1. The van der Waals surface area contributed by atoms with Crippen LogP contribution in [0.4, 0.5) is 11.4 Å². The number of likely N-dealkylation sites (tertiary alicyclic amines) is 1. The fraction of sp³-hybridized carbons (Fsp3) is 0.500. The largest absolute Gasteiger partial charge is 0.373 e. The lowest BCUT2D eigenvalue weighted by molar-refractivity contribution is -0.138. The fourth-order valence-electron chi connectivity index (χ4n) is 3.14. The van der Waals surface area contributed by atoms with E-state index >= 15 is 0 Å². The topological polar surface area (TPSA) is 43.9 Å². The van der Waals surface area contributed by atoms with Crippen LogP contribution in [0.3, 0.4) is 0 Å². The predicted molar refractivity (Wildman–Crippen MR) is 87.5 cm³/mol. The predicted octanol–water partition coefficient (Wildman–Crippen LogP) is 2.14. The Hall–Kier alpha value is -1.75. The minimum Gasteiger partial charge on any atom is -0.373 e. The number of nitrogens with zero attached hydrogens (tertiary/aromatic N) is 3. The van der Waals surface area contributed by atoms with Crippen molar-refractivity contribution in [1.29, 1.82) is 0 Å². The molecule has 0 N–H and O–H groups in total. The first kappa shape index (κ1) is 15.2. The monoisotopic (exact) mass is 321 g/mol. The summed E-state index contributed by atoms with van der Waals surface area (Å²) in [7, 11) is 2.07. The molecule has 2 amide bonds. The molecule has 0 bridgehead atoms. The zero-order chi connectivity index (χ0) is 15.7. The molecule has 5 nitrogen and oxygen atoms in total. The first-order valence-corrected chi connectivity index (χ1v) is 8.03. The molecule has 0 radical (unpaired) electrons. The van der Waals surface area contributed by atoms with E-state index < -0.39 is 0 Å². The van der Waals surface area contributed by atoms with Crippen LogP contribution in [0.25, 0.3) is 0 Å². The molecule has 0 atom stereocenters. The molecule has 0 spiro atoms. The maximum atomic E-state index is 11.7. The molecular weight excluding hydrogens is 302 g/mol. The molecule has 1 aromatic rings. The molecule has 0 aromatic heterocycles. The van der Waals surface area contributed by atoms with Crippen molar-refractivity contribution in [1.82, 2.24) is 4.90 Å². The Bertz CT molecular complexity index is 589. The second-order valence-electron chi connectivity index (χ2n) is 5.83. The molecule has 6 heteroatoms. The second-order valence-corrected chi connectivity index (χ2v) is 6.27. The smallest absolute Gasteiger partial charge is 0.229 e. The average Bonchev–Trinajstić information content (AvgIpc) is 2.72. The van der Waals surface area contributed by atoms with E-state index in [-0.39, 0.29) is 11.8 Å². The lowest BCUT2D eigenvalue weighted by atomic mass is 10.2. The van der Waals surface area contributed by atoms with Crippen molar-refractivity contribution in [3.05, 3.63) is 23.2 Å². The zero-order valence-corrected chi connectivity index (χ0v) is 13.5. The number of hydrogen-bond donors (Lipinski definition) is 0. The molecular formula is C16H20ClN3O2. The zero-order valence-electron chi connectivity index (χ0n) is 12.7. The number of hydrogen-bond acceptors (Lipinski definition) is 4. The highest BCUT2D eigenvalue weighted by Gasteiger charge is 2.29. The van der Waals surface area contributed by atoms with Gasteiger partial charge in [0, 0.05) is 51.1 Å². The third-order valence-corrected chi connectivity index (χ3v) is 4.59. The third-order valence-electron chi connectivity index (χ3n) is 4.36. The number of benzene rings is 1. The van der Waals surface area contributed by atoms with Gasteiger partial charge < -0.3 is 9.80 Å². The summed E-state index contributed by atoms with van der Waals surface area (Å²) in [6.45, 7) is 2.98. The van der Waals surface area contributed by atoms with Gasteiger partial charge >= 0.3 is 0 Å². The Balaban J connectivity index is 1.79. The van der Waals surface area contributed by atoms with Crippen LogP contribution in [0, 0.1) is 0 Å². The van der Waals surface area contributed by atoms with E-state index in [1.807, 2.05) is 18.2 Å². The summed E-state index contributed by atoms with van der Waals surface area (Å²) in [4.78, 5) is 29.3. The fourth-order valence-corrected chi connectivity index (χ4v) is 3.30. The summed E-state index contributed by atoms with van der Waals surface area (Å²) >= 11 is 6.15. The van der Waals surface area contributed by atoms with Crippen LogP contribution < -0.4 is 9.80 Å². The van der Waals surface area contributed by atoms with Crippen molar-refractivity contribution < 1.29 is 9.59 Å². The standard InChI is InChI=1S/C16H20ClN3O2/c1-18-7-2-8-19(14-11-12(17)3-4-13(14)18)9-10-20-15(21)5-6-16(20)22/h3-4,11H,2,5-10H2,1H3. The van der Waals surface area contributed by atoms with E-state index in [2.05, 4.69) is 16.8 Å². The van der Waals surface area contributed by atoms with Crippen LogP contribution in [0.2, 0.25) is 5.02 Å². The lowest BCUT2D eigenvalue weighted by Crippen LogP contribution is -2.38. The van der Waals surface area contributed by atoms with Gasteiger partial charge in [-0.1, -0.05) is 11.6 Å². The number of carbonyl (C=O) groups excluding carboxylic acids is 2. The molecule has 0 saturated carbocycles. The Morgan fingerprint density at radius 2 is 1.77 bits per heavy atom. The van der Waals surface area contributed by atoms with Gasteiger partial charge in [-0.25, -0.2) is 0 Å². The van der Waals surface area contributed by atoms with Gasteiger partial charge in [-0.3, -0.25) is 14.5 Å². The average molecular weight is 322 g/mol. The Morgan fingerprint density at radius 3 is 2.50 bits per heavy atom. The maximum absolute atomic E-state index is 11.7. The van der Waals surface area contributed by atoms with Crippen LogP contribution >= 0.6 is 11.6 Å². The van der Waals surface area contributed by atoms with E-state index in [1.54, 1.807) is 0 Å². The highest BCUT2D eigenvalue weighted by Crippen LogP contribution is 2.34. The SMILES string of the molecule is CN1CCCN(CCN2C(=O)CCC2=O)c2cc(Cl)ccc21. The van der Waals surface area contributed by atoms with E-state index in [1.165, 1.54) is 4.90 Å². The number of amides is 2. The molecule has 1 aromatic carbocycles. The van der Waals surface area contributed by atoms with Gasteiger partial charge in [0.1, 0.15) is 0 Å². The second kappa shape index (κ2) is 6.16. The maximum Gasteiger partial charge on any atom is 0.229 e. The number of rotatable bonds is 3. The van der Waals surface area contributed by atoms with E-state index in [4.69, 9.17) is 11.6 Å². The van der Waals surface area contributed by atoms with Crippen LogP contribution in [-0.4, -0.2) is 49.9 Å². The molecule has 0 unspecified atom stereocenters. The molecule has 2 aliphatic rings. The van der Waals surface area contributed by atoms with Crippen molar-refractivity contribution >= 4 is 34.8 Å². The van der Waals surface area contributed by atoms with E-state index in [0.29, 0.717) is 31.0 Å². The summed E-state index contributed by atoms with van der Waals surface area (Å²) in [5, 5.41) is 0.701. The van der Waals surface area contributed by atoms with Gasteiger partial charge in [-0.05, 0) is 24.6 Å². The van der Waals surface area contributed by atoms with Crippen LogP contribution in [-0.2, 0) is 9.59 Å². The molecule has 1 fully saturated rings. The molecule has 3 rings (SSSR count). The minimum absolute atomic E-state index is 0.0525. The summed E-state index contributed by atoms with van der Waals surface area (Å²) in [6.07, 6.45) is 1.73. The van der Waals surface area contributed by atoms with Gasteiger partial charge in [0.05, 0.1) is 11.4 Å². The number of fused-ring (bicyclic) bond motifs is 1. The van der Waals surface area contributed by atoms with Crippen molar-refractivity contribution in [2.75, 3.05) is 43.0 Å². The summed E-state index contributed by atoms with van der Waals surface area (Å²) in [6, 6.07) is 5.89. The van der Waals surface area contributed by atoms with E-state index in [9.17, 15) is 9.59 Å². The van der Waals surface area contributed by atoms with Gasteiger partial charge in [-0.2, -0.15) is 0 Å². The summed E-state index contributed by atoms with van der Waals surface area (Å²) in [5.74, 6) is -0.105. The number of halogens is 1. The molecule has 118 valence electrons. The van der Waals surface area contributed by atoms with Crippen LogP contribution in [0.1, 0.15) is 19.3 Å². The van der Waals surface area contributed by atoms with Gasteiger partial charge in [0.2, 0.25) is 11.8 Å². The van der Waals surface area contributed by atoms with Crippen LogP contribution in [0.15, 0.2) is 18.2 Å². The summed E-state index contributed by atoms with van der Waals surface area (Å²) in [5.41, 5.74) is 2.22. The first-order valence-electron chi connectivity index (χ1n) is 7.65. The normalized spacial score (nSPS) is 18.7. The Kier molecular flexibility index (Phi) is 4.25. The van der Waals surface area contributed by atoms with E-state index in [0.717, 1.165) is 30.9 Å².